The zero-order valence-corrected chi connectivity index (χ0v) is 11.5. The molecular formula is C18H19NO. The number of aryl methyl sites for hydroxylation is 2. The van der Waals surface area contributed by atoms with Gasteiger partial charge in [0, 0.05) is 18.8 Å². The van der Waals surface area contributed by atoms with Crippen LogP contribution in [0, 0.1) is 0 Å². The van der Waals surface area contributed by atoms with Crippen molar-refractivity contribution in [3.63, 3.8) is 0 Å². The number of nitrogens with zero attached hydrogens (tertiary/aromatic N) is 1. The zero-order chi connectivity index (χ0) is 14.0. The van der Waals surface area contributed by atoms with E-state index in [1.807, 2.05) is 36.5 Å². The van der Waals surface area contributed by atoms with E-state index < -0.39 is 0 Å². The summed E-state index contributed by atoms with van der Waals surface area (Å²) >= 11 is 0. The molecule has 1 aromatic carbocycles. The Morgan fingerprint density at radius 1 is 1.00 bits per heavy atom. The zero-order valence-electron chi connectivity index (χ0n) is 11.5. The molecule has 2 rings (SSSR count). The molecule has 20 heavy (non-hydrogen) atoms. The van der Waals surface area contributed by atoms with Crippen molar-refractivity contribution in [2.75, 3.05) is 0 Å². The molecule has 0 aliphatic rings. The lowest BCUT2D eigenvalue weighted by molar-refractivity contribution is -0.114. The molecule has 0 spiro atoms. The molecule has 0 aliphatic carbocycles. The standard InChI is InChI=1S/C18H19NO/c20-18(13-12-16-7-2-1-3-8-16)11-5-4-9-17-10-6-14-19-15-17/h1-3,5-8,10-11,14-15H,4,9,12-13H2/b11-5+. The van der Waals surface area contributed by atoms with Crippen molar-refractivity contribution in [2.24, 2.45) is 0 Å². The topological polar surface area (TPSA) is 30.0 Å². The summed E-state index contributed by atoms with van der Waals surface area (Å²) in [6, 6.07) is 14.1. The van der Waals surface area contributed by atoms with E-state index >= 15 is 0 Å². The van der Waals surface area contributed by atoms with Crippen molar-refractivity contribution in [1.82, 2.24) is 4.98 Å². The fourth-order valence-corrected chi connectivity index (χ4v) is 2.01. The number of hydrogen-bond donors (Lipinski definition) is 0. The van der Waals surface area contributed by atoms with E-state index in [1.54, 1.807) is 12.3 Å². The summed E-state index contributed by atoms with van der Waals surface area (Å²) in [6.45, 7) is 0. The molecule has 1 heterocycles. The average molecular weight is 265 g/mol. The molecule has 2 aromatic rings. The molecule has 0 saturated carbocycles. The summed E-state index contributed by atoms with van der Waals surface area (Å²) in [5, 5.41) is 0. The van der Waals surface area contributed by atoms with Crippen LogP contribution in [0.2, 0.25) is 0 Å². The number of carbonyl (C=O) groups is 1. The average Bonchev–Trinajstić information content (AvgIpc) is 2.52. The van der Waals surface area contributed by atoms with Crippen molar-refractivity contribution < 1.29 is 4.79 Å². The molecule has 0 saturated heterocycles. The largest absolute Gasteiger partial charge is 0.295 e. The normalized spacial score (nSPS) is 10.8. The van der Waals surface area contributed by atoms with Gasteiger partial charge in [-0.05, 0) is 42.5 Å². The van der Waals surface area contributed by atoms with Gasteiger partial charge in [-0.1, -0.05) is 42.5 Å². The highest BCUT2D eigenvalue weighted by atomic mass is 16.1. The second-order valence-electron chi connectivity index (χ2n) is 4.75. The van der Waals surface area contributed by atoms with E-state index in [9.17, 15) is 4.79 Å². The lowest BCUT2D eigenvalue weighted by Gasteiger charge is -1.98. The Balaban J connectivity index is 1.68. The van der Waals surface area contributed by atoms with Crippen LogP contribution in [0.5, 0.6) is 0 Å². The maximum absolute atomic E-state index is 11.7. The molecule has 0 atom stereocenters. The molecule has 1 aromatic heterocycles. The predicted octanol–water partition coefficient (Wildman–Crippen LogP) is 3.77. The summed E-state index contributed by atoms with van der Waals surface area (Å²) in [5.41, 5.74) is 2.42. The molecule has 0 amide bonds. The summed E-state index contributed by atoms with van der Waals surface area (Å²) in [4.78, 5) is 15.8. The highest BCUT2D eigenvalue weighted by Crippen LogP contribution is 2.04. The Labute approximate surface area is 120 Å². The minimum Gasteiger partial charge on any atom is -0.295 e. The SMILES string of the molecule is O=C(/C=C/CCc1cccnc1)CCc1ccccc1. The Morgan fingerprint density at radius 3 is 2.55 bits per heavy atom. The van der Waals surface area contributed by atoms with Crippen LogP contribution in [-0.4, -0.2) is 10.8 Å². The van der Waals surface area contributed by atoms with Crippen LogP contribution in [-0.2, 0) is 17.6 Å². The van der Waals surface area contributed by atoms with Crippen LogP contribution < -0.4 is 0 Å². The van der Waals surface area contributed by atoms with E-state index in [1.165, 1.54) is 11.1 Å². The summed E-state index contributed by atoms with van der Waals surface area (Å²) < 4.78 is 0. The number of allylic oxidation sites excluding steroid dienone is 2. The third-order valence-electron chi connectivity index (χ3n) is 3.13. The van der Waals surface area contributed by atoms with Gasteiger partial charge in [0.1, 0.15) is 0 Å². The lowest BCUT2D eigenvalue weighted by Crippen LogP contribution is -1.96. The van der Waals surface area contributed by atoms with Crippen LogP contribution in [0.3, 0.4) is 0 Å². The van der Waals surface area contributed by atoms with Crippen molar-refractivity contribution in [3.05, 3.63) is 78.1 Å². The maximum Gasteiger partial charge on any atom is 0.155 e. The molecule has 2 nitrogen and oxygen atoms in total. The van der Waals surface area contributed by atoms with E-state index in [4.69, 9.17) is 0 Å². The van der Waals surface area contributed by atoms with E-state index in [0.29, 0.717) is 6.42 Å². The highest BCUT2D eigenvalue weighted by Gasteiger charge is 1.98. The smallest absolute Gasteiger partial charge is 0.155 e. The fraction of sp³-hybridized carbons (Fsp3) is 0.222. The van der Waals surface area contributed by atoms with Crippen LogP contribution in [0.4, 0.5) is 0 Å². The monoisotopic (exact) mass is 265 g/mol. The Bertz CT molecular complexity index is 546. The molecular weight excluding hydrogens is 246 g/mol. The number of ketones is 1. The molecule has 0 N–H and O–H groups in total. The Kier molecular flexibility index (Phi) is 5.71. The van der Waals surface area contributed by atoms with Crippen LogP contribution in [0.15, 0.2) is 67.0 Å². The summed E-state index contributed by atoms with van der Waals surface area (Å²) in [6.07, 6.45) is 10.5. The van der Waals surface area contributed by atoms with Crippen molar-refractivity contribution in [3.8, 4) is 0 Å². The molecule has 0 fully saturated rings. The Hall–Kier alpha value is -2.22. The van der Waals surface area contributed by atoms with E-state index in [2.05, 4.69) is 23.2 Å². The maximum atomic E-state index is 11.7. The molecule has 2 heteroatoms. The number of rotatable bonds is 7. The van der Waals surface area contributed by atoms with Crippen LogP contribution in [0.1, 0.15) is 24.0 Å². The number of pyridine rings is 1. The fourth-order valence-electron chi connectivity index (χ4n) is 2.01. The van der Waals surface area contributed by atoms with Crippen LogP contribution in [0.25, 0.3) is 0 Å². The first-order valence-corrected chi connectivity index (χ1v) is 6.97. The van der Waals surface area contributed by atoms with Gasteiger partial charge in [0.25, 0.3) is 0 Å². The van der Waals surface area contributed by atoms with Gasteiger partial charge in [-0.25, -0.2) is 0 Å². The minimum absolute atomic E-state index is 0.194. The van der Waals surface area contributed by atoms with Gasteiger partial charge in [0.2, 0.25) is 0 Å². The minimum atomic E-state index is 0.194. The van der Waals surface area contributed by atoms with Gasteiger partial charge in [-0.3, -0.25) is 9.78 Å². The van der Waals surface area contributed by atoms with Crippen LogP contribution >= 0.6 is 0 Å². The number of aromatic nitrogens is 1. The van der Waals surface area contributed by atoms with Gasteiger partial charge in [0.05, 0.1) is 0 Å². The first-order valence-electron chi connectivity index (χ1n) is 6.97. The second-order valence-corrected chi connectivity index (χ2v) is 4.75. The van der Waals surface area contributed by atoms with Gasteiger partial charge in [-0.15, -0.1) is 0 Å². The second kappa shape index (κ2) is 8.05. The molecule has 0 aliphatic heterocycles. The molecule has 0 unspecified atom stereocenters. The molecule has 0 bridgehead atoms. The molecule has 0 radical (unpaired) electrons. The van der Waals surface area contributed by atoms with Gasteiger partial charge < -0.3 is 0 Å². The van der Waals surface area contributed by atoms with Gasteiger partial charge in [0.15, 0.2) is 5.78 Å². The van der Waals surface area contributed by atoms with Gasteiger partial charge >= 0.3 is 0 Å². The van der Waals surface area contributed by atoms with E-state index in [-0.39, 0.29) is 5.78 Å². The number of carbonyl (C=O) groups excluding carboxylic acids is 1. The lowest BCUT2D eigenvalue weighted by atomic mass is 10.1. The quantitative estimate of drug-likeness (QED) is 0.713. The van der Waals surface area contributed by atoms with Crippen molar-refractivity contribution in [1.29, 1.82) is 0 Å². The summed E-state index contributed by atoms with van der Waals surface area (Å²) in [5.74, 6) is 0.194. The van der Waals surface area contributed by atoms with Crippen molar-refractivity contribution >= 4 is 5.78 Å². The third-order valence-corrected chi connectivity index (χ3v) is 3.13. The van der Waals surface area contributed by atoms with Gasteiger partial charge in [-0.2, -0.15) is 0 Å². The third kappa shape index (κ3) is 5.19. The Morgan fingerprint density at radius 2 is 1.80 bits per heavy atom. The molecule has 102 valence electrons. The highest BCUT2D eigenvalue weighted by molar-refractivity contribution is 5.89. The number of benzene rings is 1. The predicted molar refractivity (Wildman–Crippen MR) is 81.5 cm³/mol. The summed E-state index contributed by atoms with van der Waals surface area (Å²) in [7, 11) is 0. The number of hydrogen-bond acceptors (Lipinski definition) is 2. The first kappa shape index (κ1) is 14.2. The van der Waals surface area contributed by atoms with Crippen molar-refractivity contribution in [2.45, 2.75) is 25.7 Å². The first-order chi connectivity index (χ1) is 9.84. The van der Waals surface area contributed by atoms with E-state index in [0.717, 1.165) is 19.3 Å².